The summed E-state index contributed by atoms with van der Waals surface area (Å²) in [6, 6.07) is -11.7. The summed E-state index contributed by atoms with van der Waals surface area (Å²) in [5, 5.41) is 87.9. The number of aliphatic carboxylic acids is 3. The highest BCUT2D eigenvalue weighted by atomic mass is 33.1. The average Bonchev–Trinajstić information content (AvgIpc) is 1.74. The van der Waals surface area contributed by atoms with Crippen LogP contribution in [0.15, 0.2) is 48.5 Å². The number of carboxylic acids is 3. The van der Waals surface area contributed by atoms with Crippen LogP contribution in [0.3, 0.4) is 0 Å². The second kappa shape index (κ2) is 42.9. The van der Waals surface area contributed by atoms with Crippen LogP contribution >= 0.6 is 64.8 Å². The van der Waals surface area contributed by atoms with E-state index in [0.29, 0.717) is 5.56 Å². The van der Waals surface area contributed by atoms with Crippen LogP contribution in [0.5, 0.6) is 11.5 Å². The molecule has 38 nitrogen and oxygen atoms in total. The van der Waals surface area contributed by atoms with Gasteiger partial charge in [-0.1, -0.05) is 89.0 Å². The Morgan fingerprint density at radius 2 is 1.04 bits per heavy atom. The van der Waals surface area contributed by atoms with E-state index in [4.69, 9.17) is 21.4 Å². The van der Waals surface area contributed by atoms with Gasteiger partial charge in [0.2, 0.25) is 82.7 Å². The van der Waals surface area contributed by atoms with Crippen molar-refractivity contribution < 1.29 is 112 Å². The number of hydrogen-bond donors (Lipinski definition) is 20. The molecule has 4 saturated heterocycles. The fourth-order valence-corrected chi connectivity index (χ4v) is 17.0. The monoisotopic (exact) mass is 1590 g/mol. The van der Waals surface area contributed by atoms with Crippen molar-refractivity contribution in [2.45, 2.75) is 150 Å². The minimum atomic E-state index is -1.93. The lowest BCUT2D eigenvalue weighted by Gasteiger charge is -2.30. The third-order valence-electron chi connectivity index (χ3n) is 15.6. The van der Waals surface area contributed by atoms with Gasteiger partial charge >= 0.3 is 11.9 Å². The molecule has 2 aromatic carbocycles. The molecule has 14 atom stereocenters. The van der Waals surface area contributed by atoms with E-state index in [0.717, 1.165) is 83.5 Å². The van der Waals surface area contributed by atoms with Gasteiger partial charge in [0, 0.05) is 67.2 Å². The van der Waals surface area contributed by atoms with Crippen molar-refractivity contribution in [3.63, 3.8) is 0 Å². The molecule has 1 unspecified atom stereocenters. The summed E-state index contributed by atoms with van der Waals surface area (Å²) in [6.07, 6.45) is -4.71. The number of nitrogens with one attached hydrogen (secondary N) is 12. The molecule has 44 heteroatoms. The number of nitrogens with two attached hydrogens (primary N) is 2. The number of primary amides is 1. The first-order valence-corrected chi connectivity index (χ1v) is 39.6. The Bertz CT molecular complexity index is 3510. The number of fused-ring (bicyclic) bond motifs is 20. The maximum absolute atomic E-state index is 15.1. The highest BCUT2D eigenvalue weighted by molar-refractivity contribution is 8.77. The van der Waals surface area contributed by atoms with E-state index >= 15 is 9.59 Å². The number of phenolic OH excluding ortho intramolecular Hbond substituents is 2. The molecule has 22 N–H and O–H groups in total. The molecule has 4 fully saturated rings. The Morgan fingerprint density at radius 3 is 1.57 bits per heavy atom. The van der Waals surface area contributed by atoms with Gasteiger partial charge in [-0.05, 0) is 68.5 Å². The predicted molar refractivity (Wildman–Crippen MR) is 384 cm³/mol. The fraction of sp³-hybridized carbons (Fsp3) is 0.525. The number of nitrogens with zero attached hydrogens (tertiary/aromatic N) is 1. The van der Waals surface area contributed by atoms with Gasteiger partial charge in [0.1, 0.15) is 84.0 Å². The zero-order valence-corrected chi connectivity index (χ0v) is 61.4. The van der Waals surface area contributed by atoms with Crippen LogP contribution in [-0.2, 0) is 94.3 Å². The Morgan fingerprint density at radius 1 is 0.571 bits per heavy atom. The fourth-order valence-electron chi connectivity index (χ4n) is 10.0. The van der Waals surface area contributed by atoms with E-state index in [2.05, 4.69) is 63.8 Å². The summed E-state index contributed by atoms with van der Waals surface area (Å²) in [6.45, 7) is 2.26. The lowest BCUT2D eigenvalue weighted by atomic mass is 10.0. The van der Waals surface area contributed by atoms with E-state index in [1.807, 2.05) is 0 Å². The minimum absolute atomic E-state index is 0.00937. The van der Waals surface area contributed by atoms with Crippen molar-refractivity contribution in [2.24, 2.45) is 11.5 Å². The lowest BCUT2D eigenvalue weighted by molar-refractivity contribution is -0.143. The third kappa shape index (κ3) is 29.1. The lowest BCUT2D eigenvalue weighted by Crippen LogP contribution is -2.61. The Labute approximate surface area is 623 Å². The molecule has 576 valence electrons. The number of carboxylic acid groups (broad SMARTS) is 3. The van der Waals surface area contributed by atoms with Crippen molar-refractivity contribution in [2.75, 3.05) is 47.6 Å². The van der Waals surface area contributed by atoms with Crippen LogP contribution in [0.25, 0.3) is 0 Å². The normalized spacial score (nSPS) is 26.5. The van der Waals surface area contributed by atoms with E-state index in [-0.39, 0.29) is 48.6 Å². The first kappa shape index (κ1) is 86.7. The first-order valence-electron chi connectivity index (χ1n) is 32.2. The van der Waals surface area contributed by atoms with Gasteiger partial charge in [-0.15, -0.1) is 0 Å². The van der Waals surface area contributed by atoms with E-state index in [1.165, 1.54) is 55.5 Å². The van der Waals surface area contributed by atoms with Gasteiger partial charge in [0.15, 0.2) is 0 Å². The van der Waals surface area contributed by atoms with Crippen LogP contribution < -0.4 is 75.3 Å². The molecule has 4 aliphatic heterocycles. The van der Waals surface area contributed by atoms with Crippen LogP contribution in [0.4, 0.5) is 0 Å². The first-order chi connectivity index (χ1) is 49.6. The number of hydrogen-bond acceptors (Lipinski definition) is 27. The summed E-state index contributed by atoms with van der Waals surface area (Å²) in [5.74, 6) is -22.5. The highest BCUT2D eigenvalue weighted by Gasteiger charge is 2.42. The quantitative estimate of drug-likeness (QED) is 0.0656. The SMILES string of the molecule is CC(=O)O.C[C@@H]1NC(=O)[C@@H]2CCCN2C(=O)[C@H](CC(N)=O)NC(=O)[C@@H]2CSSC[C@H](N)C(=O)N[C@H]3CSSC[C@H](NC1=O)C(=O)NC([C@@H](C)O)C(=O)NCC(=O)N[C@H](C(=O)N[C@@H](Cc1ccc(O)cc1)C(=O)O)CSSC[C@H](NC(=O)[C@H](Cc1ccc(O)cc1)NC(=O)[C@H](CCC(=O)O)NC3=O)C(=O)N2. The smallest absolute Gasteiger partial charge is 0.326 e. The molecule has 105 heavy (non-hydrogen) atoms. The molecule has 0 aromatic heterocycles. The Balaban J connectivity index is 0.00000482. The molecule has 0 aliphatic carbocycles. The zero-order chi connectivity index (χ0) is 77.8. The van der Waals surface area contributed by atoms with Gasteiger partial charge in [-0.3, -0.25) is 76.7 Å². The van der Waals surface area contributed by atoms with E-state index in [1.54, 1.807) is 0 Å². The van der Waals surface area contributed by atoms with Crippen molar-refractivity contribution in [3.05, 3.63) is 59.7 Å². The minimum Gasteiger partial charge on any atom is -0.508 e. The molecular weight excluding hydrogens is 1500 g/mol. The number of aliphatic hydroxyl groups is 1. The molecule has 4 aliphatic rings. The van der Waals surface area contributed by atoms with Gasteiger partial charge in [0.05, 0.1) is 25.1 Å². The van der Waals surface area contributed by atoms with Gasteiger partial charge in [0.25, 0.3) is 5.97 Å². The Hall–Kier alpha value is -8.95. The number of carbonyl (C=O) groups is 17. The van der Waals surface area contributed by atoms with Crippen LogP contribution in [0, 0.1) is 0 Å². The topological polar surface area (TPSA) is 611 Å². The third-order valence-corrected chi connectivity index (χ3v) is 22.9. The molecule has 4 heterocycles. The highest BCUT2D eigenvalue weighted by Crippen LogP contribution is 2.28. The summed E-state index contributed by atoms with van der Waals surface area (Å²) < 4.78 is 0. The van der Waals surface area contributed by atoms with E-state index < -0.39 is 246 Å². The second-order valence-electron chi connectivity index (χ2n) is 24.0. The standard InChI is InChI=1S/C59H79N15O21S6.C2H4O2/c1-26-47(82)69-41-25-101-99-22-38-52(87)65-33(13-14-45(80)81)49(84)66-34(16-28-5-9-30(76)10-6-28)50(85)71-40(54(89)72-39(23-97-96-20-32(60)48(83)70-38)53(88)67-35(18-43(61)78)58(93)74-15-3-4-42(74)56(91)63-26)24-100-98-21-37(64-44(79)19-62-57(92)46(27(2)75)73-55(41)90)51(86)68-36(59(94)95)17-29-7-11-31(77)12-8-29;1-2(3)4/h5-12,26-27,32-42,46,75-77H,3-4,13-25,60H2,1-2H3,(H2,61,78)(H,62,92)(H,63,91)(H,64,79)(H,65,87)(H,66,84)(H,67,88)(H,68,86)(H,69,82)(H,70,83)(H,71,85)(H,72,89)(H,73,90)(H,80,81)(H,94,95);1H3,(H,3,4)/t26-,27+,32-,33-,34-,35-,36-,37-,38-,39-,40-,41-,42-,46?;/m0./s1. The molecule has 6 rings (SSSR count). The molecular formula is C61H83N15O23S6. The van der Waals surface area contributed by atoms with Crippen molar-refractivity contribution in [3.8, 4) is 11.5 Å². The second-order valence-corrected chi connectivity index (χ2v) is 31.6. The maximum atomic E-state index is 15.1. The largest absolute Gasteiger partial charge is 0.508 e. The van der Waals surface area contributed by atoms with Crippen LogP contribution in [0.2, 0.25) is 0 Å². The molecule has 4 bridgehead atoms. The number of aliphatic hydroxyl groups excluding tert-OH is 1. The van der Waals surface area contributed by atoms with Gasteiger partial charge in [-0.2, -0.15) is 0 Å². The predicted octanol–water partition coefficient (Wildman–Crippen LogP) is -5.85. The summed E-state index contributed by atoms with van der Waals surface area (Å²) in [4.78, 5) is 236. The van der Waals surface area contributed by atoms with Crippen molar-refractivity contribution in [1.82, 2.24) is 68.7 Å². The molecule has 14 amide bonds. The summed E-state index contributed by atoms with van der Waals surface area (Å²) in [7, 11) is 4.74. The molecule has 2 aromatic rings. The molecule has 0 radical (unpaired) electrons. The van der Waals surface area contributed by atoms with Gasteiger partial charge < -0.3 is 111 Å². The van der Waals surface area contributed by atoms with Crippen molar-refractivity contribution in [1.29, 1.82) is 0 Å². The summed E-state index contributed by atoms with van der Waals surface area (Å²) >= 11 is 0. The average molecular weight is 1590 g/mol. The van der Waals surface area contributed by atoms with E-state index in [9.17, 15) is 92.7 Å². The van der Waals surface area contributed by atoms with Crippen LogP contribution in [0.1, 0.15) is 64.0 Å². The summed E-state index contributed by atoms with van der Waals surface area (Å²) in [5.41, 5.74) is 12.6. The zero-order valence-electron chi connectivity index (χ0n) is 56.5. The number of rotatable bonds is 13. The van der Waals surface area contributed by atoms with Crippen molar-refractivity contribution >= 4 is 165 Å². The maximum Gasteiger partial charge on any atom is 0.326 e. The number of carbonyl (C=O) groups excluding carboxylic acids is 14. The number of benzene rings is 2. The number of phenols is 2. The number of aromatic hydroxyl groups is 2. The Kier molecular flexibility index (Phi) is 35.4. The van der Waals surface area contributed by atoms with Crippen LogP contribution in [-0.4, -0.2) is 268 Å². The molecule has 0 spiro atoms. The van der Waals surface area contributed by atoms with Gasteiger partial charge in [-0.25, -0.2) is 4.79 Å². The molecule has 0 saturated carbocycles. The number of amides is 14.